The summed E-state index contributed by atoms with van der Waals surface area (Å²) in [5.41, 5.74) is 7.41. The van der Waals surface area contributed by atoms with Crippen LogP contribution in [0.3, 0.4) is 0 Å². The van der Waals surface area contributed by atoms with Gasteiger partial charge in [-0.3, -0.25) is 15.0 Å². The first-order valence-electron chi connectivity index (χ1n) is 6.19. The van der Waals surface area contributed by atoms with Crippen LogP contribution < -0.4 is 15.8 Å². The highest BCUT2D eigenvalue weighted by Crippen LogP contribution is 2.27. The van der Waals surface area contributed by atoms with E-state index in [0.29, 0.717) is 0 Å². The zero-order valence-electron chi connectivity index (χ0n) is 9.98. The summed E-state index contributed by atoms with van der Waals surface area (Å²) < 4.78 is 0. The van der Waals surface area contributed by atoms with E-state index < -0.39 is 6.04 Å². The van der Waals surface area contributed by atoms with E-state index in [1.54, 1.807) is 4.90 Å². The minimum atomic E-state index is -0.441. The van der Waals surface area contributed by atoms with Crippen molar-refractivity contribution in [2.75, 3.05) is 11.4 Å². The van der Waals surface area contributed by atoms with Crippen LogP contribution in [0.25, 0.3) is 0 Å². The van der Waals surface area contributed by atoms with Gasteiger partial charge in [-0.15, -0.1) is 0 Å². The van der Waals surface area contributed by atoms with Gasteiger partial charge in [-0.25, -0.2) is 5.43 Å². The molecule has 1 atom stereocenters. The van der Waals surface area contributed by atoms with Gasteiger partial charge in [0.2, 0.25) is 11.8 Å². The summed E-state index contributed by atoms with van der Waals surface area (Å²) in [6.07, 6.45) is 2.20. The molecule has 2 heterocycles. The first kappa shape index (κ1) is 11.2. The molecule has 1 aromatic rings. The summed E-state index contributed by atoms with van der Waals surface area (Å²) in [6, 6.07) is 7.52. The predicted octanol–water partition coefficient (Wildman–Crippen LogP) is 0.359. The lowest BCUT2D eigenvalue weighted by Crippen LogP contribution is -2.47. The zero-order valence-corrected chi connectivity index (χ0v) is 9.98. The van der Waals surface area contributed by atoms with Gasteiger partial charge in [-0.2, -0.15) is 0 Å². The van der Waals surface area contributed by atoms with Crippen molar-refractivity contribution in [3.8, 4) is 0 Å². The van der Waals surface area contributed by atoms with Gasteiger partial charge in [-0.05, 0) is 24.5 Å². The number of hydrogen-bond acceptors (Lipinski definition) is 3. The Morgan fingerprint density at radius 1 is 1.33 bits per heavy atom. The van der Waals surface area contributed by atoms with Crippen molar-refractivity contribution in [2.45, 2.75) is 25.3 Å². The molecule has 94 valence electrons. The summed E-state index contributed by atoms with van der Waals surface area (Å²) in [4.78, 5) is 25.3. The lowest BCUT2D eigenvalue weighted by molar-refractivity contribution is -0.122. The van der Waals surface area contributed by atoms with Crippen LogP contribution in [0.5, 0.6) is 0 Å². The summed E-state index contributed by atoms with van der Waals surface area (Å²) in [6.45, 7) is 0.724. The maximum absolute atomic E-state index is 12.4. The van der Waals surface area contributed by atoms with Crippen molar-refractivity contribution in [1.29, 1.82) is 0 Å². The smallest absolute Gasteiger partial charge is 0.246 e. The third kappa shape index (κ3) is 1.86. The summed E-state index contributed by atoms with van der Waals surface area (Å²) >= 11 is 0. The molecule has 18 heavy (non-hydrogen) atoms. The number of rotatable bonds is 1. The SMILES string of the molecule is O=C1CC(C(=O)N2CCCc3ccccc32)NN1. The molecular weight excluding hydrogens is 230 g/mol. The molecule has 0 spiro atoms. The molecular formula is C13H15N3O2. The fourth-order valence-electron chi connectivity index (χ4n) is 2.55. The van der Waals surface area contributed by atoms with Gasteiger partial charge < -0.3 is 4.90 Å². The van der Waals surface area contributed by atoms with E-state index >= 15 is 0 Å². The first-order valence-corrected chi connectivity index (χ1v) is 6.19. The first-order chi connectivity index (χ1) is 8.75. The van der Waals surface area contributed by atoms with Crippen LogP contribution in [0.1, 0.15) is 18.4 Å². The number of para-hydroxylation sites is 1. The van der Waals surface area contributed by atoms with Crippen molar-refractivity contribution in [2.24, 2.45) is 0 Å². The largest absolute Gasteiger partial charge is 0.311 e. The molecule has 5 nitrogen and oxygen atoms in total. The number of nitrogens with zero attached hydrogens (tertiary/aromatic N) is 1. The van der Waals surface area contributed by atoms with E-state index in [4.69, 9.17) is 0 Å². The van der Waals surface area contributed by atoms with Crippen LogP contribution in [0.4, 0.5) is 5.69 Å². The Labute approximate surface area is 105 Å². The Hall–Kier alpha value is -1.88. The summed E-state index contributed by atoms with van der Waals surface area (Å²) in [7, 11) is 0. The Morgan fingerprint density at radius 3 is 2.94 bits per heavy atom. The number of hydrogen-bond donors (Lipinski definition) is 2. The van der Waals surface area contributed by atoms with Crippen molar-refractivity contribution in [3.05, 3.63) is 29.8 Å². The molecule has 2 amide bonds. The predicted molar refractivity (Wildman–Crippen MR) is 66.8 cm³/mol. The molecule has 1 fully saturated rings. The molecule has 2 aliphatic rings. The molecule has 3 rings (SSSR count). The van der Waals surface area contributed by atoms with Gasteiger partial charge in [-0.1, -0.05) is 18.2 Å². The maximum atomic E-state index is 12.4. The average Bonchev–Trinajstić information content (AvgIpc) is 2.84. The number of amides is 2. The van der Waals surface area contributed by atoms with Crippen LogP contribution in [0, 0.1) is 0 Å². The second-order valence-corrected chi connectivity index (χ2v) is 4.67. The minimum absolute atomic E-state index is 0.0273. The highest BCUT2D eigenvalue weighted by atomic mass is 16.2. The van der Waals surface area contributed by atoms with Gasteiger partial charge in [0.15, 0.2) is 0 Å². The van der Waals surface area contributed by atoms with Crippen molar-refractivity contribution in [3.63, 3.8) is 0 Å². The molecule has 2 N–H and O–H groups in total. The topological polar surface area (TPSA) is 61.4 Å². The highest BCUT2D eigenvalue weighted by Gasteiger charge is 2.33. The van der Waals surface area contributed by atoms with E-state index in [9.17, 15) is 9.59 Å². The second kappa shape index (κ2) is 4.42. The van der Waals surface area contributed by atoms with E-state index in [1.807, 2.05) is 18.2 Å². The number of benzene rings is 1. The van der Waals surface area contributed by atoms with Gasteiger partial charge in [0.05, 0.1) is 6.42 Å². The molecule has 1 saturated heterocycles. The molecule has 2 aliphatic heterocycles. The average molecular weight is 245 g/mol. The molecule has 0 radical (unpaired) electrons. The molecule has 0 aliphatic carbocycles. The monoisotopic (exact) mass is 245 g/mol. The van der Waals surface area contributed by atoms with Gasteiger partial charge in [0, 0.05) is 12.2 Å². The highest BCUT2D eigenvalue weighted by molar-refractivity contribution is 6.01. The summed E-state index contributed by atoms with van der Waals surface area (Å²) in [5.74, 6) is -0.154. The number of carbonyl (C=O) groups excluding carboxylic acids is 2. The fourth-order valence-corrected chi connectivity index (χ4v) is 2.55. The maximum Gasteiger partial charge on any atom is 0.246 e. The van der Waals surface area contributed by atoms with Gasteiger partial charge in [0.25, 0.3) is 0 Å². The van der Waals surface area contributed by atoms with Crippen molar-refractivity contribution in [1.82, 2.24) is 10.9 Å². The Kier molecular flexibility index (Phi) is 2.76. The Morgan fingerprint density at radius 2 is 2.17 bits per heavy atom. The fraction of sp³-hybridized carbons (Fsp3) is 0.385. The van der Waals surface area contributed by atoms with Crippen molar-refractivity contribution >= 4 is 17.5 Å². The number of carbonyl (C=O) groups is 2. The second-order valence-electron chi connectivity index (χ2n) is 4.67. The Balaban J connectivity index is 1.85. The molecule has 0 bridgehead atoms. The molecule has 0 saturated carbocycles. The normalized spacial score (nSPS) is 22.6. The lowest BCUT2D eigenvalue weighted by atomic mass is 10.0. The Bertz CT molecular complexity index is 501. The number of hydrazine groups is 1. The van der Waals surface area contributed by atoms with Crippen molar-refractivity contribution < 1.29 is 9.59 Å². The quantitative estimate of drug-likeness (QED) is 0.751. The van der Waals surface area contributed by atoms with Crippen LogP contribution >= 0.6 is 0 Å². The number of anilines is 1. The van der Waals surface area contributed by atoms with E-state index in [2.05, 4.69) is 16.9 Å². The van der Waals surface area contributed by atoms with Crippen LogP contribution in [-0.2, 0) is 16.0 Å². The van der Waals surface area contributed by atoms with Crippen LogP contribution in [0.15, 0.2) is 24.3 Å². The number of nitrogens with one attached hydrogen (secondary N) is 2. The van der Waals surface area contributed by atoms with E-state index in [1.165, 1.54) is 5.56 Å². The molecule has 1 aromatic carbocycles. The summed E-state index contributed by atoms with van der Waals surface area (Å²) in [5, 5.41) is 0. The van der Waals surface area contributed by atoms with Crippen LogP contribution in [0.2, 0.25) is 0 Å². The van der Waals surface area contributed by atoms with Crippen LogP contribution in [-0.4, -0.2) is 24.4 Å². The number of aryl methyl sites for hydroxylation is 1. The zero-order chi connectivity index (χ0) is 12.5. The minimum Gasteiger partial charge on any atom is -0.311 e. The molecule has 0 aromatic heterocycles. The van der Waals surface area contributed by atoms with E-state index in [0.717, 1.165) is 25.1 Å². The van der Waals surface area contributed by atoms with E-state index in [-0.39, 0.29) is 18.2 Å². The third-order valence-electron chi connectivity index (χ3n) is 3.45. The molecule has 1 unspecified atom stereocenters. The molecule has 5 heteroatoms. The number of fused-ring (bicyclic) bond motifs is 1. The lowest BCUT2D eigenvalue weighted by Gasteiger charge is -2.31. The van der Waals surface area contributed by atoms with Gasteiger partial charge in [0.1, 0.15) is 6.04 Å². The standard InChI is InChI=1S/C13H15N3O2/c17-12-8-10(14-15-12)13(18)16-7-3-5-9-4-1-2-6-11(9)16/h1-2,4,6,10,14H,3,5,7-8H2,(H,15,17). The third-order valence-corrected chi connectivity index (χ3v) is 3.45. The van der Waals surface area contributed by atoms with Gasteiger partial charge >= 0.3 is 0 Å².